The Balaban J connectivity index is 1.75. The van der Waals surface area contributed by atoms with Crippen molar-refractivity contribution < 1.29 is 27.5 Å². The Labute approximate surface area is 200 Å². The number of hydrogen-bond acceptors (Lipinski definition) is 6. The number of para-hydroxylation sites is 1. The zero-order chi connectivity index (χ0) is 24.7. The fraction of sp³-hybridized carbons (Fsp3) is 0.417. The van der Waals surface area contributed by atoms with Crippen molar-refractivity contribution in [2.24, 2.45) is 5.92 Å². The normalized spacial score (nSPS) is 15.5. The molecule has 1 aliphatic rings. The van der Waals surface area contributed by atoms with Crippen molar-refractivity contribution in [3.05, 3.63) is 54.1 Å². The molecule has 0 aliphatic carbocycles. The molecule has 0 aromatic heterocycles. The third-order valence-corrected chi connectivity index (χ3v) is 7.27. The summed E-state index contributed by atoms with van der Waals surface area (Å²) in [6, 6.07) is 12.1. The number of sulfonamides is 1. The molecule has 10 heteroatoms. The standard InChI is InChI=1S/C24H31N3O6S/c1-4-33-21-11-6-5-10-20(21)23(28)26-22(17(2)3)24(29)25-18-8-7-9-19(16-18)34(30,31)27-12-14-32-15-13-27/h5-11,16-17,22H,4,12-15H2,1-3H3,(H,25,29)(H,26,28). The molecule has 1 unspecified atom stereocenters. The molecular formula is C24H31N3O6S. The summed E-state index contributed by atoms with van der Waals surface area (Å²) in [5.74, 6) is -0.658. The highest BCUT2D eigenvalue weighted by atomic mass is 32.2. The third-order valence-electron chi connectivity index (χ3n) is 5.38. The van der Waals surface area contributed by atoms with Crippen molar-refractivity contribution in [3.63, 3.8) is 0 Å². The Morgan fingerprint density at radius 1 is 1.09 bits per heavy atom. The molecule has 1 fully saturated rings. The first-order valence-electron chi connectivity index (χ1n) is 11.3. The van der Waals surface area contributed by atoms with Crippen LogP contribution in [-0.4, -0.2) is 63.5 Å². The lowest BCUT2D eigenvalue weighted by Crippen LogP contribution is -2.47. The van der Waals surface area contributed by atoms with Gasteiger partial charge in [-0.2, -0.15) is 4.31 Å². The lowest BCUT2D eigenvalue weighted by atomic mass is 10.0. The molecule has 0 spiro atoms. The Hall–Kier alpha value is -2.95. The number of benzene rings is 2. The quantitative estimate of drug-likeness (QED) is 0.560. The molecule has 2 aromatic carbocycles. The second-order valence-corrected chi connectivity index (χ2v) is 10.1. The average molecular weight is 490 g/mol. The van der Waals surface area contributed by atoms with Crippen LogP contribution < -0.4 is 15.4 Å². The van der Waals surface area contributed by atoms with Gasteiger partial charge in [-0.1, -0.05) is 32.0 Å². The van der Waals surface area contributed by atoms with Gasteiger partial charge in [0.2, 0.25) is 15.9 Å². The molecule has 0 saturated carbocycles. The Morgan fingerprint density at radius 2 is 1.79 bits per heavy atom. The van der Waals surface area contributed by atoms with Crippen molar-refractivity contribution in [3.8, 4) is 5.75 Å². The number of rotatable bonds is 9. The highest BCUT2D eigenvalue weighted by Crippen LogP contribution is 2.22. The van der Waals surface area contributed by atoms with Gasteiger partial charge in [-0.15, -0.1) is 0 Å². The molecule has 0 radical (unpaired) electrons. The molecule has 2 aromatic rings. The number of ether oxygens (including phenoxy) is 2. The Bertz CT molecular complexity index is 1110. The highest BCUT2D eigenvalue weighted by Gasteiger charge is 2.28. The fourth-order valence-corrected chi connectivity index (χ4v) is 5.03. The van der Waals surface area contributed by atoms with Crippen LogP contribution in [0.15, 0.2) is 53.4 Å². The van der Waals surface area contributed by atoms with Gasteiger partial charge in [0, 0.05) is 18.8 Å². The van der Waals surface area contributed by atoms with Crippen LogP contribution in [-0.2, 0) is 19.6 Å². The summed E-state index contributed by atoms with van der Waals surface area (Å²) in [6.07, 6.45) is 0. The fourth-order valence-electron chi connectivity index (χ4n) is 3.58. The summed E-state index contributed by atoms with van der Waals surface area (Å²) >= 11 is 0. The first-order valence-corrected chi connectivity index (χ1v) is 12.7. The lowest BCUT2D eigenvalue weighted by molar-refractivity contribution is -0.118. The lowest BCUT2D eigenvalue weighted by Gasteiger charge is -2.26. The average Bonchev–Trinajstić information content (AvgIpc) is 2.83. The van der Waals surface area contributed by atoms with Crippen LogP contribution in [0.2, 0.25) is 0 Å². The summed E-state index contributed by atoms with van der Waals surface area (Å²) in [6.45, 7) is 7.12. The van der Waals surface area contributed by atoms with Crippen LogP contribution >= 0.6 is 0 Å². The van der Waals surface area contributed by atoms with Gasteiger partial charge >= 0.3 is 0 Å². The van der Waals surface area contributed by atoms with E-state index in [1.165, 1.54) is 16.4 Å². The van der Waals surface area contributed by atoms with Gasteiger partial charge in [-0.3, -0.25) is 9.59 Å². The van der Waals surface area contributed by atoms with Gasteiger partial charge < -0.3 is 20.1 Å². The van der Waals surface area contributed by atoms with E-state index in [1.54, 1.807) is 36.4 Å². The van der Waals surface area contributed by atoms with Gasteiger partial charge in [0.1, 0.15) is 11.8 Å². The molecule has 1 saturated heterocycles. The number of morpholine rings is 1. The Kier molecular flexibility index (Phi) is 8.65. The third kappa shape index (κ3) is 6.13. The van der Waals surface area contributed by atoms with E-state index < -0.39 is 27.9 Å². The van der Waals surface area contributed by atoms with E-state index in [2.05, 4.69) is 10.6 Å². The van der Waals surface area contributed by atoms with Crippen LogP contribution in [0, 0.1) is 5.92 Å². The summed E-state index contributed by atoms with van der Waals surface area (Å²) < 4.78 is 38.0. The van der Waals surface area contributed by atoms with E-state index in [9.17, 15) is 18.0 Å². The predicted molar refractivity (Wildman–Crippen MR) is 128 cm³/mol. The van der Waals surface area contributed by atoms with E-state index in [0.717, 1.165) is 0 Å². The number of anilines is 1. The molecule has 184 valence electrons. The van der Waals surface area contributed by atoms with Gasteiger partial charge in [0.05, 0.1) is 30.3 Å². The van der Waals surface area contributed by atoms with Crippen LogP contribution in [0.1, 0.15) is 31.1 Å². The number of hydrogen-bond donors (Lipinski definition) is 2. The molecule has 34 heavy (non-hydrogen) atoms. The molecule has 3 rings (SSSR count). The molecule has 2 N–H and O–H groups in total. The van der Waals surface area contributed by atoms with Crippen LogP contribution in [0.4, 0.5) is 5.69 Å². The second-order valence-electron chi connectivity index (χ2n) is 8.16. The predicted octanol–water partition coefficient (Wildman–Crippen LogP) is 2.50. The summed E-state index contributed by atoms with van der Waals surface area (Å²) in [5, 5.41) is 5.52. The maximum absolute atomic E-state index is 13.1. The minimum atomic E-state index is -3.70. The molecule has 0 bridgehead atoms. The monoisotopic (exact) mass is 489 g/mol. The van der Waals surface area contributed by atoms with E-state index in [0.29, 0.717) is 36.8 Å². The van der Waals surface area contributed by atoms with Gasteiger partial charge in [0.15, 0.2) is 0 Å². The van der Waals surface area contributed by atoms with Crippen LogP contribution in [0.3, 0.4) is 0 Å². The minimum absolute atomic E-state index is 0.0861. The van der Waals surface area contributed by atoms with E-state index in [1.807, 2.05) is 20.8 Å². The highest BCUT2D eigenvalue weighted by molar-refractivity contribution is 7.89. The number of nitrogens with one attached hydrogen (secondary N) is 2. The number of nitrogens with zero attached hydrogens (tertiary/aromatic N) is 1. The van der Waals surface area contributed by atoms with Crippen molar-refractivity contribution in [1.82, 2.24) is 9.62 Å². The SMILES string of the molecule is CCOc1ccccc1C(=O)NC(C(=O)Nc1cccc(S(=O)(=O)N2CCOCC2)c1)C(C)C. The zero-order valence-corrected chi connectivity index (χ0v) is 20.4. The molecule has 9 nitrogen and oxygen atoms in total. The molecule has 1 heterocycles. The first kappa shape index (κ1) is 25.7. The molecular weight excluding hydrogens is 458 g/mol. The molecule has 1 aliphatic heterocycles. The van der Waals surface area contributed by atoms with Crippen molar-refractivity contribution in [2.45, 2.75) is 31.7 Å². The van der Waals surface area contributed by atoms with Crippen molar-refractivity contribution in [2.75, 3.05) is 38.2 Å². The summed E-state index contributed by atoms with van der Waals surface area (Å²) in [7, 11) is -3.70. The van der Waals surface area contributed by atoms with Crippen LogP contribution in [0.25, 0.3) is 0 Å². The maximum Gasteiger partial charge on any atom is 0.255 e. The topological polar surface area (TPSA) is 114 Å². The van der Waals surface area contributed by atoms with Crippen LogP contribution in [0.5, 0.6) is 5.75 Å². The number of carbonyl (C=O) groups is 2. The van der Waals surface area contributed by atoms with E-state index in [-0.39, 0.29) is 23.9 Å². The van der Waals surface area contributed by atoms with Crippen molar-refractivity contribution in [1.29, 1.82) is 0 Å². The smallest absolute Gasteiger partial charge is 0.255 e. The minimum Gasteiger partial charge on any atom is -0.493 e. The first-order chi connectivity index (χ1) is 16.2. The Morgan fingerprint density at radius 3 is 2.47 bits per heavy atom. The molecule has 2 amide bonds. The summed E-state index contributed by atoms with van der Waals surface area (Å²) in [4.78, 5) is 26.1. The van der Waals surface area contributed by atoms with E-state index in [4.69, 9.17) is 9.47 Å². The largest absolute Gasteiger partial charge is 0.493 e. The number of amides is 2. The van der Waals surface area contributed by atoms with Crippen molar-refractivity contribution >= 4 is 27.5 Å². The van der Waals surface area contributed by atoms with E-state index >= 15 is 0 Å². The van der Waals surface area contributed by atoms with Gasteiger partial charge in [-0.25, -0.2) is 8.42 Å². The summed E-state index contributed by atoms with van der Waals surface area (Å²) in [5.41, 5.74) is 0.662. The second kappa shape index (κ2) is 11.5. The van der Waals surface area contributed by atoms with Gasteiger partial charge in [-0.05, 0) is 43.2 Å². The zero-order valence-electron chi connectivity index (χ0n) is 19.6. The number of carbonyl (C=O) groups excluding carboxylic acids is 2. The molecule has 1 atom stereocenters. The maximum atomic E-state index is 13.1. The van der Waals surface area contributed by atoms with Gasteiger partial charge in [0.25, 0.3) is 5.91 Å².